The van der Waals surface area contributed by atoms with E-state index in [1.807, 2.05) is 55.5 Å². The molecular formula is C20H18O2. The first-order valence-corrected chi connectivity index (χ1v) is 7.58. The molecule has 2 aromatic rings. The molecule has 0 amide bonds. The van der Waals surface area contributed by atoms with Crippen LogP contribution in [0.4, 0.5) is 0 Å². The standard InChI is InChI=1S/C20H18O2/c1-14-10-11-16(13-21)19(12-14)17-8-5-9-18(17)20(22)15-6-3-2-4-7-15/h2-4,6-7,10-13H,5,8-9H2,1H3. The van der Waals surface area contributed by atoms with Crippen molar-refractivity contribution < 1.29 is 9.59 Å². The number of rotatable bonds is 4. The van der Waals surface area contributed by atoms with E-state index in [2.05, 4.69) is 0 Å². The van der Waals surface area contributed by atoms with E-state index in [1.54, 1.807) is 0 Å². The van der Waals surface area contributed by atoms with Crippen molar-refractivity contribution in [2.75, 3.05) is 0 Å². The molecule has 0 radical (unpaired) electrons. The van der Waals surface area contributed by atoms with Gasteiger partial charge >= 0.3 is 0 Å². The minimum Gasteiger partial charge on any atom is -0.298 e. The Morgan fingerprint density at radius 1 is 1.05 bits per heavy atom. The van der Waals surface area contributed by atoms with Gasteiger partial charge in [0, 0.05) is 16.7 Å². The molecule has 2 aromatic carbocycles. The highest BCUT2D eigenvalue weighted by atomic mass is 16.1. The molecule has 0 fully saturated rings. The highest BCUT2D eigenvalue weighted by Crippen LogP contribution is 2.37. The fourth-order valence-corrected chi connectivity index (χ4v) is 3.09. The summed E-state index contributed by atoms with van der Waals surface area (Å²) in [6, 6.07) is 15.2. The number of benzene rings is 2. The number of allylic oxidation sites excluding steroid dienone is 2. The third kappa shape index (κ3) is 2.64. The molecule has 2 nitrogen and oxygen atoms in total. The maximum absolute atomic E-state index is 12.8. The van der Waals surface area contributed by atoms with E-state index in [0.29, 0.717) is 5.56 Å². The number of ketones is 1. The van der Waals surface area contributed by atoms with Crippen LogP contribution in [0.1, 0.15) is 51.1 Å². The smallest absolute Gasteiger partial charge is 0.189 e. The van der Waals surface area contributed by atoms with Crippen LogP contribution in [-0.2, 0) is 0 Å². The van der Waals surface area contributed by atoms with Gasteiger partial charge in [-0.3, -0.25) is 9.59 Å². The first kappa shape index (κ1) is 14.5. The number of hydrogen-bond acceptors (Lipinski definition) is 2. The molecule has 0 aliphatic heterocycles. The lowest BCUT2D eigenvalue weighted by Gasteiger charge is -2.11. The second-order valence-corrected chi connectivity index (χ2v) is 5.71. The molecule has 0 aromatic heterocycles. The molecule has 3 rings (SSSR count). The monoisotopic (exact) mass is 290 g/mol. The topological polar surface area (TPSA) is 34.1 Å². The van der Waals surface area contributed by atoms with Crippen molar-refractivity contribution >= 4 is 17.6 Å². The summed E-state index contributed by atoms with van der Waals surface area (Å²) in [4.78, 5) is 24.1. The summed E-state index contributed by atoms with van der Waals surface area (Å²) < 4.78 is 0. The van der Waals surface area contributed by atoms with Gasteiger partial charge in [0.15, 0.2) is 12.1 Å². The average Bonchev–Trinajstić information content (AvgIpc) is 3.04. The van der Waals surface area contributed by atoms with Gasteiger partial charge in [0.2, 0.25) is 0 Å². The summed E-state index contributed by atoms with van der Waals surface area (Å²) >= 11 is 0. The summed E-state index contributed by atoms with van der Waals surface area (Å²) in [6.07, 6.45) is 3.49. The molecule has 0 saturated carbocycles. The quantitative estimate of drug-likeness (QED) is 0.608. The average molecular weight is 290 g/mol. The number of hydrogen-bond donors (Lipinski definition) is 0. The van der Waals surface area contributed by atoms with E-state index in [-0.39, 0.29) is 5.78 Å². The Hall–Kier alpha value is -2.48. The molecule has 0 unspecified atom stereocenters. The Morgan fingerprint density at radius 2 is 1.82 bits per heavy atom. The van der Waals surface area contributed by atoms with Gasteiger partial charge in [0.1, 0.15) is 0 Å². The molecule has 1 aliphatic carbocycles. The normalized spacial score (nSPS) is 14.2. The van der Waals surface area contributed by atoms with Crippen LogP contribution in [0.25, 0.3) is 5.57 Å². The fourth-order valence-electron chi connectivity index (χ4n) is 3.09. The van der Waals surface area contributed by atoms with Crippen molar-refractivity contribution in [3.63, 3.8) is 0 Å². The Kier molecular flexibility index (Phi) is 4.01. The molecule has 0 atom stereocenters. The molecule has 0 spiro atoms. The van der Waals surface area contributed by atoms with Crippen LogP contribution >= 0.6 is 0 Å². The van der Waals surface area contributed by atoms with Crippen molar-refractivity contribution in [2.24, 2.45) is 0 Å². The van der Waals surface area contributed by atoms with Crippen LogP contribution in [0.2, 0.25) is 0 Å². The molecule has 2 heteroatoms. The first-order chi connectivity index (χ1) is 10.7. The van der Waals surface area contributed by atoms with E-state index in [4.69, 9.17) is 0 Å². The predicted molar refractivity (Wildman–Crippen MR) is 88.1 cm³/mol. The van der Waals surface area contributed by atoms with E-state index in [0.717, 1.165) is 53.4 Å². The number of Topliss-reactive ketones (excluding diaryl/α,β-unsaturated/α-hetero) is 1. The molecule has 22 heavy (non-hydrogen) atoms. The van der Waals surface area contributed by atoms with Crippen molar-refractivity contribution in [3.8, 4) is 0 Å². The second kappa shape index (κ2) is 6.10. The zero-order chi connectivity index (χ0) is 15.5. The number of carbonyl (C=O) groups is 2. The van der Waals surface area contributed by atoms with Crippen LogP contribution in [-0.4, -0.2) is 12.1 Å². The summed E-state index contributed by atoms with van der Waals surface area (Å²) in [5.74, 6) is 0.0893. The maximum Gasteiger partial charge on any atom is 0.189 e. The lowest BCUT2D eigenvalue weighted by Crippen LogP contribution is -2.04. The number of aldehydes is 1. The molecule has 1 aliphatic rings. The van der Waals surface area contributed by atoms with Gasteiger partial charge < -0.3 is 0 Å². The van der Waals surface area contributed by atoms with E-state index < -0.39 is 0 Å². The zero-order valence-corrected chi connectivity index (χ0v) is 12.6. The Morgan fingerprint density at radius 3 is 2.55 bits per heavy atom. The van der Waals surface area contributed by atoms with Crippen LogP contribution in [0.3, 0.4) is 0 Å². The van der Waals surface area contributed by atoms with Crippen molar-refractivity contribution in [3.05, 3.63) is 76.4 Å². The predicted octanol–water partition coefficient (Wildman–Crippen LogP) is 4.63. The Labute approximate surface area is 130 Å². The number of aryl methyl sites for hydroxylation is 1. The number of carbonyl (C=O) groups excluding carboxylic acids is 2. The fraction of sp³-hybridized carbons (Fsp3) is 0.200. The largest absolute Gasteiger partial charge is 0.298 e. The summed E-state index contributed by atoms with van der Waals surface area (Å²) in [7, 11) is 0. The summed E-state index contributed by atoms with van der Waals surface area (Å²) in [6.45, 7) is 2.01. The first-order valence-electron chi connectivity index (χ1n) is 7.58. The second-order valence-electron chi connectivity index (χ2n) is 5.71. The van der Waals surface area contributed by atoms with Gasteiger partial charge in [-0.1, -0.05) is 54.1 Å². The van der Waals surface area contributed by atoms with Crippen LogP contribution in [0.5, 0.6) is 0 Å². The van der Waals surface area contributed by atoms with Crippen LogP contribution in [0.15, 0.2) is 54.1 Å². The molecular weight excluding hydrogens is 272 g/mol. The van der Waals surface area contributed by atoms with Gasteiger partial charge in [-0.15, -0.1) is 0 Å². The van der Waals surface area contributed by atoms with Crippen molar-refractivity contribution in [2.45, 2.75) is 26.2 Å². The lowest BCUT2D eigenvalue weighted by molar-refractivity contribution is 0.103. The van der Waals surface area contributed by atoms with Gasteiger partial charge in [-0.2, -0.15) is 0 Å². The highest BCUT2D eigenvalue weighted by molar-refractivity contribution is 6.14. The molecule has 0 N–H and O–H groups in total. The third-order valence-corrected chi connectivity index (χ3v) is 4.19. The maximum atomic E-state index is 12.8. The Bertz CT molecular complexity index is 755. The SMILES string of the molecule is Cc1ccc(C=O)c(C2=C(C(=O)c3ccccc3)CCC2)c1. The lowest BCUT2D eigenvalue weighted by atomic mass is 9.92. The molecule has 110 valence electrons. The zero-order valence-electron chi connectivity index (χ0n) is 12.6. The van der Waals surface area contributed by atoms with Crippen molar-refractivity contribution in [1.29, 1.82) is 0 Å². The van der Waals surface area contributed by atoms with E-state index in [1.165, 1.54) is 0 Å². The van der Waals surface area contributed by atoms with Gasteiger partial charge in [-0.05, 0) is 37.3 Å². The van der Waals surface area contributed by atoms with E-state index in [9.17, 15) is 9.59 Å². The van der Waals surface area contributed by atoms with Crippen molar-refractivity contribution in [1.82, 2.24) is 0 Å². The molecule has 0 saturated heterocycles. The molecule has 0 bridgehead atoms. The molecule has 0 heterocycles. The summed E-state index contributed by atoms with van der Waals surface area (Å²) in [5.41, 5.74) is 5.32. The van der Waals surface area contributed by atoms with Gasteiger partial charge in [0.05, 0.1) is 0 Å². The van der Waals surface area contributed by atoms with Gasteiger partial charge in [-0.25, -0.2) is 0 Å². The minimum atomic E-state index is 0.0893. The third-order valence-electron chi connectivity index (χ3n) is 4.19. The van der Waals surface area contributed by atoms with Gasteiger partial charge in [0.25, 0.3) is 0 Å². The minimum absolute atomic E-state index is 0.0893. The Balaban J connectivity index is 2.10. The van der Waals surface area contributed by atoms with Crippen LogP contribution < -0.4 is 0 Å². The van der Waals surface area contributed by atoms with E-state index >= 15 is 0 Å². The van der Waals surface area contributed by atoms with Crippen LogP contribution in [0, 0.1) is 6.92 Å². The summed E-state index contributed by atoms with van der Waals surface area (Å²) in [5, 5.41) is 0. The highest BCUT2D eigenvalue weighted by Gasteiger charge is 2.24.